The number of hydrogen-bond acceptors (Lipinski definition) is 3. The summed E-state index contributed by atoms with van der Waals surface area (Å²) in [7, 11) is 1.91. The van der Waals surface area contributed by atoms with E-state index in [9.17, 15) is 4.79 Å². The molecule has 0 saturated heterocycles. The van der Waals surface area contributed by atoms with E-state index in [1.165, 1.54) is 83.5 Å². The number of nitrogens with zero attached hydrogens (tertiary/aromatic N) is 3. The molecule has 0 radical (unpaired) electrons. The van der Waals surface area contributed by atoms with Crippen molar-refractivity contribution < 1.29 is 9.21 Å². The van der Waals surface area contributed by atoms with Crippen molar-refractivity contribution in [2.45, 2.75) is 125 Å². The number of anilines is 1. The molecule has 2 aliphatic rings. The summed E-state index contributed by atoms with van der Waals surface area (Å²) in [5, 5.41) is 2.15. The standard InChI is InChI=1S/C47H68N3O2/c1-7-12-13-14-15-16-17-18-19-20-21-22-23-24-25-28-35-48(6)47(51)41-30-27-26-29-40(41)46-42-33-31-38(49(8-2)9-3)36-44(42)52-45-37-39(32-34-43(45)46)50(10-4)11-5/h25-34,36-37H,7-24,35H2,1-6H3/q+1/b28-25+. The molecule has 0 unspecified atom stereocenters. The quantitative estimate of drug-likeness (QED) is 0.0334. The summed E-state index contributed by atoms with van der Waals surface area (Å²) in [6.07, 6.45) is 23.3. The summed E-state index contributed by atoms with van der Waals surface area (Å²) in [4.78, 5) is 18.3. The summed E-state index contributed by atoms with van der Waals surface area (Å²) in [6, 6.07) is 21.1. The van der Waals surface area contributed by atoms with E-state index in [0.717, 1.165) is 77.1 Å². The van der Waals surface area contributed by atoms with Crippen molar-refractivity contribution in [3.05, 3.63) is 83.7 Å². The topological polar surface area (TPSA) is 39.7 Å². The van der Waals surface area contributed by atoms with Gasteiger partial charge in [-0.2, -0.15) is 0 Å². The van der Waals surface area contributed by atoms with Crippen LogP contribution in [0.3, 0.4) is 0 Å². The van der Waals surface area contributed by atoms with E-state index in [2.05, 4.69) is 98.7 Å². The third-order valence-electron chi connectivity index (χ3n) is 10.7. The van der Waals surface area contributed by atoms with Crippen LogP contribution >= 0.6 is 0 Å². The lowest BCUT2D eigenvalue weighted by Crippen LogP contribution is -2.29. The number of unbranched alkanes of at least 4 members (excludes halogenated alkanes) is 13. The van der Waals surface area contributed by atoms with Gasteiger partial charge in [0.25, 0.3) is 5.91 Å². The molecule has 282 valence electrons. The Hall–Kier alpha value is -3.86. The maximum absolute atomic E-state index is 14.1. The molecule has 1 aliphatic heterocycles. The maximum Gasteiger partial charge on any atom is 0.254 e. The number of hydrogen-bond donors (Lipinski definition) is 0. The van der Waals surface area contributed by atoms with Crippen molar-refractivity contribution in [2.75, 3.05) is 44.7 Å². The van der Waals surface area contributed by atoms with Crippen LogP contribution in [-0.4, -0.2) is 50.6 Å². The van der Waals surface area contributed by atoms with Gasteiger partial charge >= 0.3 is 0 Å². The molecule has 52 heavy (non-hydrogen) atoms. The van der Waals surface area contributed by atoms with E-state index in [-0.39, 0.29) is 5.91 Å². The summed E-state index contributed by atoms with van der Waals surface area (Å²) in [5.41, 5.74) is 5.68. The SMILES string of the molecule is CCCCCCCCCCCCCCC/C=C/CN(C)C(=O)c1ccccc1-c1c2ccc(=[N+](CC)CC)cc-2oc2cc(N(CC)CC)ccc12. The average Bonchev–Trinajstić information content (AvgIpc) is 3.17. The zero-order valence-electron chi connectivity index (χ0n) is 33.5. The average molecular weight is 707 g/mol. The number of likely N-dealkylation sites (N-methyl/N-ethyl adjacent to an activating group) is 1. The van der Waals surface area contributed by atoms with Crippen molar-refractivity contribution >= 4 is 22.6 Å². The fourth-order valence-corrected chi connectivity index (χ4v) is 7.54. The smallest absolute Gasteiger partial charge is 0.254 e. The van der Waals surface area contributed by atoms with Crippen molar-refractivity contribution in [1.82, 2.24) is 9.48 Å². The molecule has 0 saturated carbocycles. The molecule has 0 bridgehead atoms. The van der Waals surface area contributed by atoms with Crippen LogP contribution in [0.15, 0.2) is 77.2 Å². The number of amides is 1. The van der Waals surface area contributed by atoms with Gasteiger partial charge < -0.3 is 14.2 Å². The normalized spacial score (nSPS) is 11.6. The van der Waals surface area contributed by atoms with Gasteiger partial charge in [-0.05, 0) is 70.4 Å². The first-order valence-corrected chi connectivity index (χ1v) is 20.8. The molecule has 0 N–H and O–H groups in total. The first kappa shape index (κ1) is 40.9. The Bertz CT molecular complexity index is 1720. The van der Waals surface area contributed by atoms with Crippen LogP contribution in [0.1, 0.15) is 135 Å². The molecule has 5 heteroatoms. The first-order chi connectivity index (χ1) is 25.5. The molecular weight excluding hydrogens is 639 g/mol. The van der Waals surface area contributed by atoms with Gasteiger partial charge in [0.2, 0.25) is 5.36 Å². The zero-order chi connectivity index (χ0) is 37.1. The third kappa shape index (κ3) is 11.3. The minimum atomic E-state index is 0.0304. The molecule has 2 aromatic carbocycles. The zero-order valence-corrected chi connectivity index (χ0v) is 33.5. The van der Waals surface area contributed by atoms with Crippen molar-refractivity contribution in [3.8, 4) is 22.5 Å². The highest BCUT2D eigenvalue weighted by atomic mass is 16.3. The Balaban J connectivity index is 1.44. The van der Waals surface area contributed by atoms with Crippen LogP contribution in [-0.2, 0) is 0 Å². The number of fused-ring (bicyclic) bond motifs is 2. The van der Waals surface area contributed by atoms with Crippen LogP contribution in [0.25, 0.3) is 33.4 Å². The number of benzene rings is 3. The first-order valence-electron chi connectivity index (χ1n) is 20.8. The summed E-state index contributed by atoms with van der Waals surface area (Å²) in [6.45, 7) is 15.3. The molecule has 1 amide bonds. The predicted octanol–water partition coefficient (Wildman–Crippen LogP) is 12.0. The molecule has 4 rings (SSSR count). The fraction of sp³-hybridized carbons (Fsp3) is 0.532. The highest BCUT2D eigenvalue weighted by molar-refractivity contribution is 6.09. The largest absolute Gasteiger partial charge is 0.456 e. The van der Waals surface area contributed by atoms with E-state index in [1.807, 2.05) is 30.1 Å². The van der Waals surface area contributed by atoms with E-state index in [4.69, 9.17) is 4.42 Å². The van der Waals surface area contributed by atoms with Gasteiger partial charge in [0.1, 0.15) is 24.4 Å². The highest BCUT2D eigenvalue weighted by Crippen LogP contribution is 2.42. The van der Waals surface area contributed by atoms with Crippen LogP contribution in [0.2, 0.25) is 0 Å². The van der Waals surface area contributed by atoms with Gasteiger partial charge in [-0.3, -0.25) is 4.79 Å². The Labute approximate surface area is 315 Å². The molecule has 0 spiro atoms. The van der Waals surface area contributed by atoms with E-state index in [1.54, 1.807) is 0 Å². The van der Waals surface area contributed by atoms with E-state index >= 15 is 0 Å². The molecule has 0 fully saturated rings. The molecule has 1 aliphatic carbocycles. The summed E-state index contributed by atoms with van der Waals surface area (Å²) >= 11 is 0. The predicted molar refractivity (Wildman–Crippen MR) is 225 cm³/mol. The Morgan fingerprint density at radius 3 is 1.96 bits per heavy atom. The van der Waals surface area contributed by atoms with E-state index in [0.29, 0.717) is 12.1 Å². The molecule has 0 aromatic heterocycles. The Morgan fingerprint density at radius 1 is 0.692 bits per heavy atom. The second-order valence-corrected chi connectivity index (χ2v) is 14.4. The van der Waals surface area contributed by atoms with Gasteiger partial charge in [0.05, 0.1) is 6.07 Å². The van der Waals surface area contributed by atoms with Crippen LogP contribution in [0.4, 0.5) is 5.69 Å². The summed E-state index contributed by atoms with van der Waals surface area (Å²) < 4.78 is 9.04. The molecule has 2 aromatic rings. The van der Waals surface area contributed by atoms with Gasteiger partial charge in [0.15, 0.2) is 0 Å². The van der Waals surface area contributed by atoms with Crippen LogP contribution in [0, 0.1) is 0 Å². The molecular formula is C47H68N3O2+. The fourth-order valence-electron chi connectivity index (χ4n) is 7.54. The number of carbonyl (C=O) groups is 1. The lowest BCUT2D eigenvalue weighted by molar-refractivity contribution is 0.0811. The molecule has 5 nitrogen and oxygen atoms in total. The lowest BCUT2D eigenvalue weighted by atomic mass is 9.90. The number of carbonyl (C=O) groups excluding carboxylic acids is 1. The Kier molecular flexibility index (Phi) is 17.5. The molecule has 0 atom stereocenters. The van der Waals surface area contributed by atoms with Crippen LogP contribution < -0.4 is 14.8 Å². The maximum atomic E-state index is 14.1. The second kappa shape index (κ2) is 22.3. The van der Waals surface area contributed by atoms with Gasteiger partial charge in [0, 0.05) is 66.6 Å². The number of allylic oxidation sites excluding steroid dienone is 1. The van der Waals surface area contributed by atoms with Gasteiger partial charge in [-0.1, -0.05) is 114 Å². The van der Waals surface area contributed by atoms with Crippen molar-refractivity contribution in [2.24, 2.45) is 0 Å². The molecule has 1 heterocycles. The van der Waals surface area contributed by atoms with E-state index < -0.39 is 0 Å². The van der Waals surface area contributed by atoms with Gasteiger partial charge in [-0.15, -0.1) is 0 Å². The van der Waals surface area contributed by atoms with Gasteiger partial charge in [-0.25, -0.2) is 4.58 Å². The summed E-state index contributed by atoms with van der Waals surface area (Å²) in [5.74, 6) is 0.859. The van der Waals surface area contributed by atoms with Crippen molar-refractivity contribution in [1.29, 1.82) is 0 Å². The van der Waals surface area contributed by atoms with Crippen molar-refractivity contribution in [3.63, 3.8) is 0 Å². The number of rotatable bonds is 23. The highest BCUT2D eigenvalue weighted by Gasteiger charge is 2.24. The Morgan fingerprint density at radius 2 is 1.33 bits per heavy atom. The third-order valence-corrected chi connectivity index (χ3v) is 10.7. The lowest BCUT2D eigenvalue weighted by Gasteiger charge is -2.23. The van der Waals surface area contributed by atoms with Crippen LogP contribution in [0.5, 0.6) is 0 Å². The minimum Gasteiger partial charge on any atom is -0.456 e. The minimum absolute atomic E-state index is 0.0304. The monoisotopic (exact) mass is 707 g/mol. The second-order valence-electron chi connectivity index (χ2n) is 14.4.